The first-order chi connectivity index (χ1) is 8.29. The predicted molar refractivity (Wildman–Crippen MR) is 66.5 cm³/mol. The molecule has 0 aromatic rings. The van der Waals surface area contributed by atoms with Crippen molar-refractivity contribution >= 4 is 23.0 Å². The number of nitrogens with one attached hydrogen (secondary N) is 1. The first-order valence-corrected chi connectivity index (χ1v) is 6.87. The van der Waals surface area contributed by atoms with Crippen LogP contribution < -0.4 is 5.32 Å². The molecule has 1 N–H and O–H groups in total. The zero-order valence-corrected chi connectivity index (χ0v) is 10.7. The SMILES string of the molecule is CSC1=NCC(OC(=O)N2CCOCC2)CN1. The quantitative estimate of drug-likeness (QED) is 0.726. The van der Waals surface area contributed by atoms with Gasteiger partial charge in [-0.1, -0.05) is 11.8 Å². The molecule has 6 nitrogen and oxygen atoms in total. The van der Waals surface area contributed by atoms with E-state index in [2.05, 4.69) is 10.3 Å². The molecule has 1 amide bonds. The molecule has 2 heterocycles. The third kappa shape index (κ3) is 3.50. The van der Waals surface area contributed by atoms with Crippen LogP contribution in [0.15, 0.2) is 4.99 Å². The van der Waals surface area contributed by atoms with E-state index in [0.717, 1.165) is 5.17 Å². The Morgan fingerprint density at radius 3 is 2.94 bits per heavy atom. The molecular formula is C10H17N3O3S. The first-order valence-electron chi connectivity index (χ1n) is 5.65. The van der Waals surface area contributed by atoms with Crippen molar-refractivity contribution in [3.63, 3.8) is 0 Å². The summed E-state index contributed by atoms with van der Waals surface area (Å²) in [6, 6.07) is 0. The molecule has 0 aromatic carbocycles. The van der Waals surface area contributed by atoms with Crippen molar-refractivity contribution in [3.05, 3.63) is 0 Å². The number of carbonyl (C=O) groups is 1. The van der Waals surface area contributed by atoms with Gasteiger partial charge in [0.15, 0.2) is 5.17 Å². The summed E-state index contributed by atoms with van der Waals surface area (Å²) in [4.78, 5) is 17.7. The third-order valence-electron chi connectivity index (χ3n) is 2.65. The maximum absolute atomic E-state index is 11.8. The number of carbonyl (C=O) groups excluding carboxylic acids is 1. The number of morpholine rings is 1. The molecule has 1 unspecified atom stereocenters. The molecule has 1 fully saturated rings. The van der Waals surface area contributed by atoms with E-state index in [1.807, 2.05) is 6.26 Å². The highest BCUT2D eigenvalue weighted by molar-refractivity contribution is 8.13. The fraction of sp³-hybridized carbons (Fsp3) is 0.800. The van der Waals surface area contributed by atoms with E-state index in [-0.39, 0.29) is 12.2 Å². The molecule has 17 heavy (non-hydrogen) atoms. The smallest absolute Gasteiger partial charge is 0.410 e. The molecule has 0 spiro atoms. The Balaban J connectivity index is 1.77. The van der Waals surface area contributed by atoms with Crippen LogP contribution in [0.2, 0.25) is 0 Å². The van der Waals surface area contributed by atoms with Crippen LogP contribution in [0.25, 0.3) is 0 Å². The molecule has 0 aromatic heterocycles. The Morgan fingerprint density at radius 2 is 2.35 bits per heavy atom. The van der Waals surface area contributed by atoms with Crippen LogP contribution in [-0.2, 0) is 9.47 Å². The molecule has 0 bridgehead atoms. The molecule has 0 saturated carbocycles. The summed E-state index contributed by atoms with van der Waals surface area (Å²) in [7, 11) is 0. The Morgan fingerprint density at radius 1 is 1.59 bits per heavy atom. The van der Waals surface area contributed by atoms with E-state index >= 15 is 0 Å². The van der Waals surface area contributed by atoms with Gasteiger partial charge in [0.05, 0.1) is 26.3 Å². The Hall–Kier alpha value is -0.950. The van der Waals surface area contributed by atoms with Crippen LogP contribution in [0.4, 0.5) is 4.79 Å². The van der Waals surface area contributed by atoms with Crippen molar-refractivity contribution in [1.29, 1.82) is 0 Å². The number of rotatable bonds is 1. The molecule has 1 atom stereocenters. The van der Waals surface area contributed by atoms with Crippen LogP contribution in [0.1, 0.15) is 0 Å². The topological polar surface area (TPSA) is 63.2 Å². The second-order valence-electron chi connectivity index (χ2n) is 3.84. The lowest BCUT2D eigenvalue weighted by Crippen LogP contribution is -2.46. The van der Waals surface area contributed by atoms with Crippen LogP contribution in [0.5, 0.6) is 0 Å². The van der Waals surface area contributed by atoms with Crippen LogP contribution in [0, 0.1) is 0 Å². The van der Waals surface area contributed by atoms with Crippen molar-refractivity contribution in [2.45, 2.75) is 6.10 Å². The van der Waals surface area contributed by atoms with Crippen molar-refractivity contribution in [1.82, 2.24) is 10.2 Å². The highest BCUT2D eigenvalue weighted by Crippen LogP contribution is 2.07. The zero-order valence-electron chi connectivity index (χ0n) is 9.85. The predicted octanol–water partition coefficient (Wildman–Crippen LogP) is 0.146. The van der Waals surface area contributed by atoms with Gasteiger partial charge in [0.2, 0.25) is 0 Å². The van der Waals surface area contributed by atoms with Gasteiger partial charge in [0, 0.05) is 13.1 Å². The van der Waals surface area contributed by atoms with Crippen LogP contribution >= 0.6 is 11.8 Å². The highest BCUT2D eigenvalue weighted by Gasteiger charge is 2.23. The number of amidine groups is 1. The van der Waals surface area contributed by atoms with E-state index in [1.165, 1.54) is 0 Å². The molecule has 0 aliphatic carbocycles. The Labute approximate surface area is 105 Å². The summed E-state index contributed by atoms with van der Waals surface area (Å²) in [5.74, 6) is 0. The van der Waals surface area contributed by atoms with E-state index in [9.17, 15) is 4.79 Å². The number of hydrogen-bond donors (Lipinski definition) is 1. The molecule has 2 rings (SSSR count). The zero-order chi connectivity index (χ0) is 12.1. The van der Waals surface area contributed by atoms with E-state index in [0.29, 0.717) is 39.4 Å². The molecule has 2 aliphatic heterocycles. The molecule has 1 saturated heterocycles. The Bertz CT molecular complexity index is 305. The monoisotopic (exact) mass is 259 g/mol. The third-order valence-corrected chi connectivity index (χ3v) is 3.31. The minimum absolute atomic E-state index is 0.166. The van der Waals surface area contributed by atoms with E-state index < -0.39 is 0 Å². The van der Waals surface area contributed by atoms with Gasteiger partial charge in [-0.2, -0.15) is 0 Å². The maximum Gasteiger partial charge on any atom is 0.410 e. The first kappa shape index (κ1) is 12.5. The average Bonchev–Trinajstić information content (AvgIpc) is 2.40. The van der Waals surface area contributed by atoms with Crippen LogP contribution in [-0.4, -0.2) is 67.9 Å². The number of amides is 1. The summed E-state index contributed by atoms with van der Waals surface area (Å²) >= 11 is 1.57. The summed E-state index contributed by atoms with van der Waals surface area (Å²) < 4.78 is 10.6. The molecular weight excluding hydrogens is 242 g/mol. The van der Waals surface area contributed by atoms with Gasteiger partial charge in [0.25, 0.3) is 0 Å². The molecule has 0 radical (unpaired) electrons. The maximum atomic E-state index is 11.8. The lowest BCUT2D eigenvalue weighted by molar-refractivity contribution is 0.0143. The van der Waals surface area contributed by atoms with Crippen molar-refractivity contribution in [2.24, 2.45) is 4.99 Å². The van der Waals surface area contributed by atoms with Gasteiger partial charge >= 0.3 is 6.09 Å². The second-order valence-corrected chi connectivity index (χ2v) is 4.63. The minimum Gasteiger partial charge on any atom is -0.442 e. The Kier molecular flexibility index (Phi) is 4.49. The van der Waals surface area contributed by atoms with Gasteiger partial charge in [-0.05, 0) is 6.26 Å². The van der Waals surface area contributed by atoms with E-state index in [4.69, 9.17) is 9.47 Å². The van der Waals surface area contributed by atoms with Crippen molar-refractivity contribution in [3.8, 4) is 0 Å². The molecule has 7 heteroatoms. The summed E-state index contributed by atoms with van der Waals surface area (Å²) in [6.45, 7) is 3.57. The largest absolute Gasteiger partial charge is 0.442 e. The molecule has 2 aliphatic rings. The fourth-order valence-electron chi connectivity index (χ4n) is 1.69. The van der Waals surface area contributed by atoms with Crippen molar-refractivity contribution in [2.75, 3.05) is 45.6 Å². The van der Waals surface area contributed by atoms with Gasteiger partial charge in [-0.3, -0.25) is 4.99 Å². The summed E-state index contributed by atoms with van der Waals surface area (Å²) in [6.07, 6.45) is 1.54. The number of ether oxygens (including phenoxy) is 2. The average molecular weight is 259 g/mol. The van der Waals surface area contributed by atoms with Gasteiger partial charge in [0.1, 0.15) is 6.10 Å². The minimum atomic E-state index is -0.261. The lowest BCUT2D eigenvalue weighted by Gasteiger charge is -2.29. The number of hydrogen-bond acceptors (Lipinski definition) is 6. The highest BCUT2D eigenvalue weighted by atomic mass is 32.2. The van der Waals surface area contributed by atoms with Gasteiger partial charge in [-0.15, -0.1) is 0 Å². The standard InChI is InChI=1S/C10H17N3O3S/c1-17-9-11-6-8(7-12-9)16-10(14)13-2-4-15-5-3-13/h8H,2-7H2,1H3,(H,11,12). The fourth-order valence-corrected chi connectivity index (χ4v) is 2.12. The molecule has 96 valence electrons. The van der Waals surface area contributed by atoms with Gasteiger partial charge in [-0.25, -0.2) is 4.79 Å². The van der Waals surface area contributed by atoms with Crippen LogP contribution in [0.3, 0.4) is 0 Å². The normalized spacial score (nSPS) is 24.9. The van der Waals surface area contributed by atoms with Gasteiger partial charge < -0.3 is 19.7 Å². The lowest BCUT2D eigenvalue weighted by atomic mass is 10.3. The summed E-state index contributed by atoms with van der Waals surface area (Å²) in [5.41, 5.74) is 0. The number of aliphatic imine (C=N–C) groups is 1. The second kappa shape index (κ2) is 6.11. The van der Waals surface area contributed by atoms with Crippen molar-refractivity contribution < 1.29 is 14.3 Å². The number of thioether (sulfide) groups is 1. The number of nitrogens with zero attached hydrogens (tertiary/aromatic N) is 2. The van der Waals surface area contributed by atoms with E-state index in [1.54, 1.807) is 16.7 Å². The summed E-state index contributed by atoms with van der Waals surface area (Å²) in [5, 5.41) is 4.03.